The standard InChI is InChI=1S/C16H21Cl2NO/c17-10-11-19(14-7-2-1-3-8-14)16(20)12-13-6-4-5-9-15(13)18/h4-6,9,14H,1-3,7-8,10-12H2. The van der Waals surface area contributed by atoms with E-state index >= 15 is 0 Å². The zero-order valence-electron chi connectivity index (χ0n) is 11.7. The molecule has 0 spiro atoms. The smallest absolute Gasteiger partial charge is 0.227 e. The molecule has 1 aliphatic carbocycles. The maximum absolute atomic E-state index is 12.6. The van der Waals surface area contributed by atoms with Crippen LogP contribution in [0.15, 0.2) is 24.3 Å². The third-order valence-corrected chi connectivity index (χ3v) is 4.50. The number of rotatable bonds is 5. The molecule has 0 aromatic heterocycles. The number of alkyl halides is 1. The summed E-state index contributed by atoms with van der Waals surface area (Å²) < 4.78 is 0. The molecule has 0 unspecified atom stereocenters. The Bertz CT molecular complexity index is 444. The molecule has 2 nitrogen and oxygen atoms in total. The van der Waals surface area contributed by atoms with Crippen LogP contribution in [-0.4, -0.2) is 29.3 Å². The van der Waals surface area contributed by atoms with Gasteiger partial charge in [0.15, 0.2) is 0 Å². The van der Waals surface area contributed by atoms with Gasteiger partial charge in [-0.25, -0.2) is 0 Å². The van der Waals surface area contributed by atoms with Crippen LogP contribution in [0.25, 0.3) is 0 Å². The lowest BCUT2D eigenvalue weighted by molar-refractivity contribution is -0.133. The molecular weight excluding hydrogens is 293 g/mol. The molecule has 0 N–H and O–H groups in total. The SMILES string of the molecule is O=C(Cc1ccccc1Cl)N(CCCl)C1CCCCC1. The van der Waals surface area contributed by atoms with Crippen molar-refractivity contribution in [1.29, 1.82) is 0 Å². The van der Waals surface area contributed by atoms with Gasteiger partial charge in [0.05, 0.1) is 6.42 Å². The first-order chi connectivity index (χ1) is 9.72. The Morgan fingerprint density at radius 3 is 2.55 bits per heavy atom. The van der Waals surface area contributed by atoms with E-state index in [2.05, 4.69) is 0 Å². The van der Waals surface area contributed by atoms with Crippen molar-refractivity contribution in [1.82, 2.24) is 4.90 Å². The molecule has 1 amide bonds. The number of benzene rings is 1. The molecule has 0 saturated heterocycles. The van der Waals surface area contributed by atoms with Crippen molar-refractivity contribution in [2.75, 3.05) is 12.4 Å². The fourth-order valence-corrected chi connectivity index (χ4v) is 3.29. The van der Waals surface area contributed by atoms with Crippen LogP contribution in [0.2, 0.25) is 5.02 Å². The Hall–Kier alpha value is -0.730. The normalized spacial score (nSPS) is 16.1. The lowest BCUT2D eigenvalue weighted by atomic mass is 9.93. The summed E-state index contributed by atoms with van der Waals surface area (Å²) in [6.07, 6.45) is 6.28. The summed E-state index contributed by atoms with van der Waals surface area (Å²) in [4.78, 5) is 14.5. The summed E-state index contributed by atoms with van der Waals surface area (Å²) in [5.74, 6) is 0.635. The van der Waals surface area contributed by atoms with Gasteiger partial charge in [-0.2, -0.15) is 0 Å². The second-order valence-corrected chi connectivity index (χ2v) is 6.12. The molecule has 1 fully saturated rings. The van der Waals surface area contributed by atoms with Crippen molar-refractivity contribution < 1.29 is 4.79 Å². The average molecular weight is 314 g/mol. The maximum Gasteiger partial charge on any atom is 0.227 e. The molecule has 0 radical (unpaired) electrons. The van der Waals surface area contributed by atoms with Gasteiger partial charge in [-0.05, 0) is 24.5 Å². The van der Waals surface area contributed by atoms with E-state index in [9.17, 15) is 4.79 Å². The summed E-state index contributed by atoms with van der Waals surface area (Å²) in [6, 6.07) is 7.91. The minimum atomic E-state index is 0.144. The molecule has 20 heavy (non-hydrogen) atoms. The summed E-state index contributed by atoms with van der Waals surface area (Å²) in [5.41, 5.74) is 0.898. The first-order valence-corrected chi connectivity index (χ1v) is 8.22. The number of amides is 1. The molecule has 0 aliphatic heterocycles. The van der Waals surface area contributed by atoms with Gasteiger partial charge < -0.3 is 4.90 Å². The number of hydrogen-bond donors (Lipinski definition) is 0. The van der Waals surface area contributed by atoms with Gasteiger partial charge in [0.2, 0.25) is 5.91 Å². The summed E-state index contributed by atoms with van der Waals surface area (Å²) in [5, 5.41) is 0.662. The van der Waals surface area contributed by atoms with Gasteiger partial charge in [0.25, 0.3) is 0 Å². The van der Waals surface area contributed by atoms with Crippen molar-refractivity contribution in [2.24, 2.45) is 0 Å². The highest BCUT2D eigenvalue weighted by Crippen LogP contribution is 2.24. The van der Waals surface area contributed by atoms with Gasteiger partial charge in [0.1, 0.15) is 0 Å². The van der Waals surface area contributed by atoms with Crippen LogP contribution in [0.5, 0.6) is 0 Å². The van der Waals surface area contributed by atoms with Crippen molar-refractivity contribution >= 4 is 29.1 Å². The van der Waals surface area contributed by atoms with E-state index < -0.39 is 0 Å². The summed E-state index contributed by atoms with van der Waals surface area (Å²) >= 11 is 12.0. The Kier molecular flexibility index (Phi) is 6.18. The van der Waals surface area contributed by atoms with Crippen LogP contribution >= 0.6 is 23.2 Å². The van der Waals surface area contributed by atoms with Gasteiger partial charge in [-0.15, -0.1) is 11.6 Å². The van der Waals surface area contributed by atoms with Gasteiger partial charge >= 0.3 is 0 Å². The topological polar surface area (TPSA) is 20.3 Å². The highest BCUT2D eigenvalue weighted by molar-refractivity contribution is 6.31. The number of carbonyl (C=O) groups is 1. The quantitative estimate of drug-likeness (QED) is 0.743. The number of halogens is 2. The van der Waals surface area contributed by atoms with Crippen molar-refractivity contribution in [3.05, 3.63) is 34.9 Å². The van der Waals surface area contributed by atoms with Crippen LogP contribution in [0.1, 0.15) is 37.7 Å². The number of hydrogen-bond acceptors (Lipinski definition) is 1. The Labute approximate surface area is 131 Å². The Balaban J connectivity index is 2.04. The summed E-state index contributed by atoms with van der Waals surface area (Å²) in [6.45, 7) is 0.634. The van der Waals surface area contributed by atoms with Crippen molar-refractivity contribution in [2.45, 2.75) is 44.6 Å². The number of nitrogens with zero attached hydrogens (tertiary/aromatic N) is 1. The molecule has 2 rings (SSSR count). The molecule has 1 aromatic rings. The molecular formula is C16H21Cl2NO. The fourth-order valence-electron chi connectivity index (χ4n) is 2.90. The second kappa shape index (κ2) is 7.90. The van der Waals surface area contributed by atoms with Gasteiger partial charge in [0, 0.05) is 23.5 Å². The van der Waals surface area contributed by atoms with E-state index in [0.717, 1.165) is 18.4 Å². The van der Waals surface area contributed by atoms with Crippen molar-refractivity contribution in [3.63, 3.8) is 0 Å². The van der Waals surface area contributed by atoms with Gasteiger partial charge in [-0.3, -0.25) is 4.79 Å². The van der Waals surface area contributed by atoms with Crippen LogP contribution in [0.3, 0.4) is 0 Å². The molecule has 0 heterocycles. The third-order valence-electron chi connectivity index (χ3n) is 3.96. The number of carbonyl (C=O) groups excluding carboxylic acids is 1. The second-order valence-electron chi connectivity index (χ2n) is 5.34. The van der Waals surface area contributed by atoms with Gasteiger partial charge in [-0.1, -0.05) is 49.1 Å². The average Bonchev–Trinajstić information content (AvgIpc) is 2.48. The molecule has 0 atom stereocenters. The highest BCUT2D eigenvalue weighted by Gasteiger charge is 2.25. The highest BCUT2D eigenvalue weighted by atomic mass is 35.5. The third kappa shape index (κ3) is 4.13. The van der Waals surface area contributed by atoms with E-state index in [1.165, 1.54) is 19.3 Å². The van der Waals surface area contributed by atoms with E-state index in [0.29, 0.717) is 29.9 Å². The minimum absolute atomic E-state index is 0.144. The van der Waals surface area contributed by atoms with E-state index in [1.54, 1.807) is 0 Å². The lowest BCUT2D eigenvalue weighted by Gasteiger charge is -2.34. The van der Waals surface area contributed by atoms with Crippen LogP contribution in [0.4, 0.5) is 0 Å². The zero-order valence-corrected chi connectivity index (χ0v) is 13.2. The summed E-state index contributed by atoms with van der Waals surface area (Å²) in [7, 11) is 0. The van der Waals surface area contributed by atoms with Crippen LogP contribution < -0.4 is 0 Å². The monoisotopic (exact) mass is 313 g/mol. The molecule has 110 valence electrons. The Morgan fingerprint density at radius 1 is 1.20 bits per heavy atom. The minimum Gasteiger partial charge on any atom is -0.338 e. The largest absolute Gasteiger partial charge is 0.338 e. The Morgan fingerprint density at radius 2 is 1.90 bits per heavy atom. The zero-order chi connectivity index (χ0) is 14.4. The molecule has 0 bridgehead atoms. The first-order valence-electron chi connectivity index (χ1n) is 7.31. The van der Waals surface area contributed by atoms with Crippen LogP contribution in [0, 0.1) is 0 Å². The van der Waals surface area contributed by atoms with Crippen LogP contribution in [-0.2, 0) is 11.2 Å². The maximum atomic E-state index is 12.6. The molecule has 1 saturated carbocycles. The van der Waals surface area contributed by atoms with Crippen molar-refractivity contribution in [3.8, 4) is 0 Å². The van der Waals surface area contributed by atoms with E-state index in [4.69, 9.17) is 23.2 Å². The predicted octanol–water partition coefficient (Wildman–Crippen LogP) is 4.28. The predicted molar refractivity (Wildman–Crippen MR) is 84.5 cm³/mol. The van der Waals surface area contributed by atoms with E-state index in [-0.39, 0.29) is 5.91 Å². The van der Waals surface area contributed by atoms with E-state index in [1.807, 2.05) is 29.2 Å². The molecule has 1 aliphatic rings. The molecule has 1 aromatic carbocycles. The molecule has 4 heteroatoms. The first kappa shape index (κ1) is 15.7. The fraction of sp³-hybridized carbons (Fsp3) is 0.562. The lowest BCUT2D eigenvalue weighted by Crippen LogP contribution is -2.43.